The molecule has 0 aromatic carbocycles. The predicted molar refractivity (Wildman–Crippen MR) is 47.0 cm³/mol. The highest BCUT2D eigenvalue weighted by atomic mass is 35.5. The summed E-state index contributed by atoms with van der Waals surface area (Å²) in [5.74, 6) is 1.15. The maximum absolute atomic E-state index is 8.44. The molecule has 0 fully saturated rings. The Morgan fingerprint density at radius 2 is 2.33 bits per heavy atom. The summed E-state index contributed by atoms with van der Waals surface area (Å²) in [4.78, 5) is 7.10. The summed E-state index contributed by atoms with van der Waals surface area (Å²) in [5, 5.41) is 8.85. The van der Waals surface area contributed by atoms with Crippen LogP contribution < -0.4 is 0 Å². The summed E-state index contributed by atoms with van der Waals surface area (Å²) in [6.45, 7) is 4.04. The van der Waals surface area contributed by atoms with Crippen LogP contribution in [0.3, 0.4) is 0 Å². The number of H-pyrrole nitrogens is 1. The van der Waals surface area contributed by atoms with E-state index in [1.807, 2.05) is 19.9 Å². The van der Waals surface area contributed by atoms with Crippen molar-refractivity contribution in [3.63, 3.8) is 0 Å². The van der Waals surface area contributed by atoms with E-state index in [-0.39, 0.29) is 0 Å². The van der Waals surface area contributed by atoms with Crippen molar-refractivity contribution >= 4 is 11.6 Å². The van der Waals surface area contributed by atoms with Gasteiger partial charge in [-0.25, -0.2) is 4.98 Å². The van der Waals surface area contributed by atoms with Gasteiger partial charge in [-0.2, -0.15) is 5.26 Å². The van der Waals surface area contributed by atoms with Crippen LogP contribution in [-0.2, 0) is 6.42 Å². The molecule has 1 N–H and O–H groups in total. The van der Waals surface area contributed by atoms with E-state index in [0.29, 0.717) is 23.2 Å². The Morgan fingerprint density at radius 3 is 2.75 bits per heavy atom. The first-order chi connectivity index (χ1) is 5.65. The molecule has 1 aromatic rings. The third-order valence-electron chi connectivity index (χ3n) is 1.55. The van der Waals surface area contributed by atoms with Crippen molar-refractivity contribution < 1.29 is 0 Å². The molecule has 64 valence electrons. The first-order valence-electron chi connectivity index (χ1n) is 3.76. The van der Waals surface area contributed by atoms with Crippen LogP contribution in [0.2, 0.25) is 5.15 Å². The molecule has 0 saturated carbocycles. The molecule has 0 radical (unpaired) electrons. The molecule has 0 aliphatic carbocycles. The van der Waals surface area contributed by atoms with E-state index in [1.54, 1.807) is 0 Å². The van der Waals surface area contributed by atoms with Crippen LogP contribution in [0.15, 0.2) is 0 Å². The monoisotopic (exact) mass is 183 g/mol. The quantitative estimate of drug-likeness (QED) is 0.765. The van der Waals surface area contributed by atoms with Gasteiger partial charge in [-0.1, -0.05) is 25.4 Å². The third-order valence-corrected chi connectivity index (χ3v) is 1.86. The van der Waals surface area contributed by atoms with Gasteiger partial charge in [0.05, 0.1) is 18.2 Å². The van der Waals surface area contributed by atoms with Gasteiger partial charge in [-0.05, 0) is 0 Å². The minimum absolute atomic E-state index is 0.290. The van der Waals surface area contributed by atoms with Crippen LogP contribution in [-0.4, -0.2) is 9.97 Å². The van der Waals surface area contributed by atoms with Gasteiger partial charge in [0.15, 0.2) is 5.15 Å². The highest BCUT2D eigenvalue weighted by Gasteiger charge is 2.09. The van der Waals surface area contributed by atoms with Gasteiger partial charge in [0, 0.05) is 5.92 Å². The Balaban J connectivity index is 2.94. The van der Waals surface area contributed by atoms with Crippen molar-refractivity contribution in [2.75, 3.05) is 0 Å². The normalized spacial score (nSPS) is 10.2. The van der Waals surface area contributed by atoms with E-state index in [4.69, 9.17) is 16.9 Å². The summed E-state index contributed by atoms with van der Waals surface area (Å²) in [6.07, 6.45) is 0.290. The Hall–Kier alpha value is -1.01. The van der Waals surface area contributed by atoms with Crippen molar-refractivity contribution in [2.24, 2.45) is 0 Å². The standard InChI is InChI=1S/C8H10ClN3/c1-5(2)8-11-6(3-4-10)7(9)12-8/h5H,3H2,1-2H3,(H,11,12). The molecule has 0 bridgehead atoms. The van der Waals surface area contributed by atoms with Crippen LogP contribution >= 0.6 is 11.6 Å². The van der Waals surface area contributed by atoms with Gasteiger partial charge in [0.1, 0.15) is 5.82 Å². The second kappa shape index (κ2) is 3.59. The Morgan fingerprint density at radius 1 is 1.67 bits per heavy atom. The SMILES string of the molecule is CC(C)c1nc(Cl)c(CC#N)[nH]1. The average molecular weight is 184 g/mol. The Bertz CT molecular complexity index is 309. The van der Waals surface area contributed by atoms with Gasteiger partial charge in [0.25, 0.3) is 0 Å². The number of hydrogen-bond acceptors (Lipinski definition) is 2. The van der Waals surface area contributed by atoms with Crippen LogP contribution in [0.5, 0.6) is 0 Å². The average Bonchev–Trinajstić information content (AvgIpc) is 2.34. The third kappa shape index (κ3) is 1.77. The number of aromatic nitrogens is 2. The van der Waals surface area contributed by atoms with E-state index < -0.39 is 0 Å². The molecule has 0 saturated heterocycles. The lowest BCUT2D eigenvalue weighted by Gasteiger charge is -1.96. The van der Waals surface area contributed by atoms with E-state index in [2.05, 4.69) is 9.97 Å². The van der Waals surface area contributed by atoms with E-state index in [0.717, 1.165) is 5.82 Å². The molecule has 12 heavy (non-hydrogen) atoms. The van der Waals surface area contributed by atoms with Gasteiger partial charge in [0.2, 0.25) is 0 Å². The number of halogens is 1. The molecular formula is C8H10ClN3. The lowest BCUT2D eigenvalue weighted by atomic mass is 10.2. The van der Waals surface area contributed by atoms with E-state index in [9.17, 15) is 0 Å². The zero-order valence-electron chi connectivity index (χ0n) is 7.06. The second-order valence-electron chi connectivity index (χ2n) is 2.88. The molecule has 0 atom stereocenters. The van der Waals surface area contributed by atoms with E-state index in [1.165, 1.54) is 0 Å². The van der Waals surface area contributed by atoms with Crippen molar-refractivity contribution in [1.29, 1.82) is 5.26 Å². The van der Waals surface area contributed by atoms with Crippen molar-refractivity contribution in [1.82, 2.24) is 9.97 Å². The van der Waals surface area contributed by atoms with Crippen LogP contribution in [0.4, 0.5) is 0 Å². The number of imidazole rings is 1. The lowest BCUT2D eigenvalue weighted by Crippen LogP contribution is -1.90. The Labute approximate surface area is 76.4 Å². The largest absolute Gasteiger partial charge is 0.344 e. The molecule has 3 nitrogen and oxygen atoms in total. The predicted octanol–water partition coefficient (Wildman–Crippen LogP) is 2.25. The fraction of sp³-hybridized carbons (Fsp3) is 0.500. The summed E-state index contributed by atoms with van der Waals surface area (Å²) >= 11 is 5.77. The number of hydrogen-bond donors (Lipinski definition) is 1. The molecule has 1 aromatic heterocycles. The number of nitrogens with one attached hydrogen (secondary N) is 1. The molecule has 4 heteroatoms. The van der Waals surface area contributed by atoms with Gasteiger partial charge in [-0.3, -0.25) is 0 Å². The summed E-state index contributed by atoms with van der Waals surface area (Å²) in [6, 6.07) is 2.02. The minimum Gasteiger partial charge on any atom is -0.344 e. The zero-order chi connectivity index (χ0) is 9.14. The van der Waals surface area contributed by atoms with Crippen molar-refractivity contribution in [2.45, 2.75) is 26.2 Å². The first-order valence-corrected chi connectivity index (χ1v) is 4.14. The molecule has 0 aliphatic heterocycles. The maximum Gasteiger partial charge on any atom is 0.151 e. The second-order valence-corrected chi connectivity index (χ2v) is 3.24. The number of rotatable bonds is 2. The molecule has 0 aliphatic rings. The first kappa shape index (κ1) is 9.08. The topological polar surface area (TPSA) is 52.5 Å². The molecule has 0 spiro atoms. The Kier molecular flexibility index (Phi) is 2.72. The highest BCUT2D eigenvalue weighted by Crippen LogP contribution is 2.17. The fourth-order valence-corrected chi connectivity index (χ4v) is 1.08. The summed E-state index contributed by atoms with van der Waals surface area (Å²) in [5.41, 5.74) is 0.711. The van der Waals surface area contributed by atoms with Gasteiger partial charge in [-0.15, -0.1) is 0 Å². The van der Waals surface area contributed by atoms with Gasteiger partial charge < -0.3 is 4.98 Å². The molecule has 1 rings (SSSR count). The number of aromatic amines is 1. The van der Waals surface area contributed by atoms with Crippen LogP contribution in [0, 0.1) is 11.3 Å². The highest BCUT2D eigenvalue weighted by molar-refractivity contribution is 6.30. The fourth-order valence-electron chi connectivity index (χ4n) is 0.877. The summed E-state index contributed by atoms with van der Waals surface area (Å²) in [7, 11) is 0. The molecule has 0 unspecified atom stereocenters. The number of nitrogens with zero attached hydrogens (tertiary/aromatic N) is 2. The maximum atomic E-state index is 8.44. The van der Waals surface area contributed by atoms with Crippen molar-refractivity contribution in [3.05, 3.63) is 16.7 Å². The van der Waals surface area contributed by atoms with E-state index >= 15 is 0 Å². The lowest BCUT2D eigenvalue weighted by molar-refractivity contribution is 0.790. The minimum atomic E-state index is 0.290. The molecule has 1 heterocycles. The smallest absolute Gasteiger partial charge is 0.151 e. The summed E-state index contributed by atoms with van der Waals surface area (Å²) < 4.78 is 0. The van der Waals surface area contributed by atoms with Gasteiger partial charge >= 0.3 is 0 Å². The molecular weight excluding hydrogens is 174 g/mol. The molecule has 0 amide bonds. The van der Waals surface area contributed by atoms with Crippen LogP contribution in [0.1, 0.15) is 31.3 Å². The van der Waals surface area contributed by atoms with Crippen LogP contribution in [0.25, 0.3) is 0 Å². The zero-order valence-corrected chi connectivity index (χ0v) is 7.81. The number of nitriles is 1. The van der Waals surface area contributed by atoms with Crippen molar-refractivity contribution in [3.8, 4) is 6.07 Å².